The SMILES string of the molecule is C1=CCC(NC2CCN3CCCC23)C1. The van der Waals surface area contributed by atoms with Crippen LogP contribution in [0.5, 0.6) is 0 Å². The van der Waals surface area contributed by atoms with E-state index < -0.39 is 0 Å². The minimum absolute atomic E-state index is 0.751. The zero-order chi connectivity index (χ0) is 9.38. The maximum atomic E-state index is 3.85. The van der Waals surface area contributed by atoms with E-state index in [1.54, 1.807) is 0 Å². The van der Waals surface area contributed by atoms with Crippen LogP contribution in [0.4, 0.5) is 0 Å². The van der Waals surface area contributed by atoms with E-state index in [1.165, 1.54) is 45.2 Å². The summed E-state index contributed by atoms with van der Waals surface area (Å²) in [4.78, 5) is 2.68. The van der Waals surface area contributed by atoms with Crippen LogP contribution < -0.4 is 5.32 Å². The van der Waals surface area contributed by atoms with Gasteiger partial charge in [-0.3, -0.25) is 4.90 Å². The first-order valence-electron chi connectivity index (χ1n) is 6.08. The maximum absolute atomic E-state index is 3.85. The van der Waals surface area contributed by atoms with Crippen molar-refractivity contribution in [3.63, 3.8) is 0 Å². The zero-order valence-electron chi connectivity index (χ0n) is 8.78. The fourth-order valence-electron chi connectivity index (χ4n) is 3.33. The highest BCUT2D eigenvalue weighted by Crippen LogP contribution is 2.28. The molecule has 2 saturated heterocycles. The van der Waals surface area contributed by atoms with Gasteiger partial charge in [0, 0.05) is 24.7 Å². The second-order valence-electron chi connectivity index (χ2n) is 4.95. The van der Waals surface area contributed by atoms with E-state index in [0.29, 0.717) is 0 Å². The van der Waals surface area contributed by atoms with Crippen molar-refractivity contribution in [1.29, 1.82) is 0 Å². The Kier molecular flexibility index (Phi) is 2.34. The third-order valence-electron chi connectivity index (χ3n) is 4.06. The van der Waals surface area contributed by atoms with E-state index in [9.17, 15) is 0 Å². The van der Waals surface area contributed by atoms with Crippen molar-refractivity contribution < 1.29 is 0 Å². The maximum Gasteiger partial charge on any atom is 0.0250 e. The zero-order valence-corrected chi connectivity index (χ0v) is 8.78. The van der Waals surface area contributed by atoms with Gasteiger partial charge < -0.3 is 5.32 Å². The van der Waals surface area contributed by atoms with Gasteiger partial charge in [-0.05, 0) is 38.6 Å². The third kappa shape index (κ3) is 1.51. The first-order chi connectivity index (χ1) is 6.93. The van der Waals surface area contributed by atoms with Crippen LogP contribution in [-0.4, -0.2) is 36.1 Å². The molecule has 2 nitrogen and oxygen atoms in total. The summed E-state index contributed by atoms with van der Waals surface area (Å²) < 4.78 is 0. The van der Waals surface area contributed by atoms with Gasteiger partial charge in [0.05, 0.1) is 0 Å². The van der Waals surface area contributed by atoms with Crippen molar-refractivity contribution in [2.75, 3.05) is 13.1 Å². The molecule has 0 aromatic heterocycles. The van der Waals surface area contributed by atoms with Crippen LogP contribution in [-0.2, 0) is 0 Å². The minimum atomic E-state index is 0.751. The number of rotatable bonds is 2. The van der Waals surface area contributed by atoms with Crippen LogP contribution in [0.15, 0.2) is 12.2 Å². The summed E-state index contributed by atoms with van der Waals surface area (Å²) in [6.45, 7) is 2.69. The lowest BCUT2D eigenvalue weighted by molar-refractivity contribution is 0.289. The Morgan fingerprint density at radius 3 is 2.79 bits per heavy atom. The molecule has 0 aromatic carbocycles. The highest BCUT2D eigenvalue weighted by atomic mass is 15.2. The van der Waals surface area contributed by atoms with Gasteiger partial charge >= 0.3 is 0 Å². The summed E-state index contributed by atoms with van der Waals surface area (Å²) in [6.07, 6.45) is 11.4. The molecule has 14 heavy (non-hydrogen) atoms. The largest absolute Gasteiger partial charge is 0.309 e. The molecule has 1 N–H and O–H groups in total. The summed E-state index contributed by atoms with van der Waals surface area (Å²) in [6, 6.07) is 2.42. The molecule has 0 bridgehead atoms. The molecule has 2 heterocycles. The second-order valence-corrected chi connectivity index (χ2v) is 4.95. The van der Waals surface area contributed by atoms with E-state index in [0.717, 1.165) is 18.1 Å². The standard InChI is InChI=1S/C12H20N2/c1-2-5-10(4-1)13-11-7-9-14-8-3-6-12(11)14/h1-2,10-13H,3-9H2. The number of fused-ring (bicyclic) bond motifs is 1. The Labute approximate surface area is 86.4 Å². The van der Waals surface area contributed by atoms with Crippen molar-refractivity contribution in [2.45, 2.75) is 50.2 Å². The number of nitrogens with zero attached hydrogens (tertiary/aromatic N) is 1. The van der Waals surface area contributed by atoms with Crippen LogP contribution in [0.2, 0.25) is 0 Å². The van der Waals surface area contributed by atoms with Crippen LogP contribution in [0.3, 0.4) is 0 Å². The molecule has 2 aliphatic heterocycles. The average molecular weight is 192 g/mol. The van der Waals surface area contributed by atoms with Gasteiger partial charge in [-0.25, -0.2) is 0 Å². The molecule has 2 unspecified atom stereocenters. The number of hydrogen-bond donors (Lipinski definition) is 1. The normalized spacial score (nSPS) is 38.3. The quantitative estimate of drug-likeness (QED) is 0.668. The number of nitrogens with one attached hydrogen (secondary N) is 1. The molecule has 2 heteroatoms. The fraction of sp³-hybridized carbons (Fsp3) is 0.833. The van der Waals surface area contributed by atoms with Crippen LogP contribution >= 0.6 is 0 Å². The van der Waals surface area contributed by atoms with Crippen LogP contribution in [0, 0.1) is 0 Å². The van der Waals surface area contributed by atoms with E-state index in [-0.39, 0.29) is 0 Å². The smallest absolute Gasteiger partial charge is 0.0250 e. The summed E-state index contributed by atoms with van der Waals surface area (Å²) >= 11 is 0. The molecular weight excluding hydrogens is 172 g/mol. The van der Waals surface area contributed by atoms with Crippen LogP contribution in [0.25, 0.3) is 0 Å². The van der Waals surface area contributed by atoms with E-state index in [1.807, 2.05) is 0 Å². The molecule has 2 fully saturated rings. The van der Waals surface area contributed by atoms with Crippen molar-refractivity contribution in [3.8, 4) is 0 Å². The van der Waals surface area contributed by atoms with Gasteiger partial charge in [0.15, 0.2) is 0 Å². The topological polar surface area (TPSA) is 15.3 Å². The first-order valence-corrected chi connectivity index (χ1v) is 6.08. The van der Waals surface area contributed by atoms with E-state index in [2.05, 4.69) is 22.4 Å². The lowest BCUT2D eigenvalue weighted by Gasteiger charge is -2.24. The molecule has 0 amide bonds. The molecule has 78 valence electrons. The van der Waals surface area contributed by atoms with Crippen molar-refractivity contribution in [1.82, 2.24) is 10.2 Å². The molecule has 2 atom stereocenters. The number of hydrogen-bond acceptors (Lipinski definition) is 2. The predicted octanol–water partition coefficient (Wildman–Crippen LogP) is 1.53. The Bertz CT molecular complexity index is 228. The average Bonchev–Trinajstić information content (AvgIpc) is 2.85. The van der Waals surface area contributed by atoms with Crippen molar-refractivity contribution in [2.24, 2.45) is 0 Å². The monoisotopic (exact) mass is 192 g/mol. The van der Waals surface area contributed by atoms with Crippen molar-refractivity contribution >= 4 is 0 Å². The summed E-state index contributed by atoms with van der Waals surface area (Å²) in [7, 11) is 0. The first kappa shape index (κ1) is 8.93. The van der Waals surface area contributed by atoms with Gasteiger partial charge in [-0.15, -0.1) is 0 Å². The highest BCUT2D eigenvalue weighted by molar-refractivity contribution is 5.02. The Morgan fingerprint density at radius 1 is 1.07 bits per heavy atom. The van der Waals surface area contributed by atoms with Crippen LogP contribution in [0.1, 0.15) is 32.1 Å². The second kappa shape index (κ2) is 3.67. The lowest BCUT2D eigenvalue weighted by atomic mass is 10.0. The molecular formula is C12H20N2. The summed E-state index contributed by atoms with van der Waals surface area (Å²) in [5, 5.41) is 3.85. The van der Waals surface area contributed by atoms with Gasteiger partial charge in [-0.2, -0.15) is 0 Å². The molecule has 0 spiro atoms. The van der Waals surface area contributed by atoms with Gasteiger partial charge in [0.1, 0.15) is 0 Å². The fourth-order valence-corrected chi connectivity index (χ4v) is 3.33. The molecule has 1 aliphatic carbocycles. The van der Waals surface area contributed by atoms with E-state index >= 15 is 0 Å². The predicted molar refractivity (Wildman–Crippen MR) is 58.3 cm³/mol. The van der Waals surface area contributed by atoms with Gasteiger partial charge in [-0.1, -0.05) is 12.2 Å². The molecule has 0 saturated carbocycles. The van der Waals surface area contributed by atoms with Gasteiger partial charge in [0.25, 0.3) is 0 Å². The molecule has 0 aromatic rings. The Balaban J connectivity index is 1.57. The molecule has 3 aliphatic rings. The summed E-state index contributed by atoms with van der Waals surface area (Å²) in [5.74, 6) is 0. The summed E-state index contributed by atoms with van der Waals surface area (Å²) in [5.41, 5.74) is 0. The Hall–Kier alpha value is -0.340. The highest BCUT2D eigenvalue weighted by Gasteiger charge is 2.37. The molecule has 3 rings (SSSR count). The third-order valence-corrected chi connectivity index (χ3v) is 4.06. The minimum Gasteiger partial charge on any atom is -0.309 e. The molecule has 0 radical (unpaired) electrons. The van der Waals surface area contributed by atoms with Gasteiger partial charge in [0.2, 0.25) is 0 Å². The van der Waals surface area contributed by atoms with E-state index in [4.69, 9.17) is 0 Å². The van der Waals surface area contributed by atoms with Crippen molar-refractivity contribution in [3.05, 3.63) is 12.2 Å². The lowest BCUT2D eigenvalue weighted by Crippen LogP contribution is -2.43. The Morgan fingerprint density at radius 2 is 1.93 bits per heavy atom.